The largest absolute Gasteiger partial charge is 0.493 e. The number of halogens is 2. The van der Waals surface area contributed by atoms with Crippen LogP contribution in [0.25, 0.3) is 0 Å². The molecule has 1 aliphatic rings. The molecular weight excluding hydrogens is 413 g/mol. The van der Waals surface area contributed by atoms with Crippen molar-refractivity contribution in [2.45, 2.75) is 6.54 Å². The van der Waals surface area contributed by atoms with Crippen molar-refractivity contribution < 1.29 is 14.3 Å². The summed E-state index contributed by atoms with van der Waals surface area (Å²) in [6, 6.07) is 11.0. The van der Waals surface area contributed by atoms with Crippen LogP contribution in [0, 0.1) is 0 Å². The lowest BCUT2D eigenvalue weighted by Crippen LogP contribution is -2.48. The zero-order valence-corrected chi connectivity index (χ0v) is 18.1. The second kappa shape index (κ2) is 10.2. The van der Waals surface area contributed by atoms with Gasteiger partial charge in [0.1, 0.15) is 0 Å². The molecule has 2 aromatic carbocycles. The summed E-state index contributed by atoms with van der Waals surface area (Å²) in [5, 5.41) is 3.85. The molecule has 1 fully saturated rings. The zero-order valence-electron chi connectivity index (χ0n) is 16.6. The maximum absolute atomic E-state index is 12.4. The van der Waals surface area contributed by atoms with Crippen LogP contribution in [-0.4, -0.2) is 62.7 Å². The van der Waals surface area contributed by atoms with Crippen LogP contribution in [0.4, 0.5) is 5.69 Å². The van der Waals surface area contributed by atoms with Gasteiger partial charge in [0.15, 0.2) is 11.5 Å². The summed E-state index contributed by atoms with van der Waals surface area (Å²) in [6.07, 6.45) is 0. The van der Waals surface area contributed by atoms with E-state index >= 15 is 0 Å². The maximum Gasteiger partial charge on any atom is 0.238 e. The monoisotopic (exact) mass is 437 g/mol. The summed E-state index contributed by atoms with van der Waals surface area (Å²) in [6.45, 7) is 4.58. The molecule has 0 saturated carbocycles. The van der Waals surface area contributed by atoms with Gasteiger partial charge in [0, 0.05) is 37.7 Å². The molecule has 6 nitrogen and oxygen atoms in total. The van der Waals surface area contributed by atoms with Crippen LogP contribution in [0.2, 0.25) is 10.0 Å². The van der Waals surface area contributed by atoms with E-state index in [4.69, 9.17) is 32.7 Å². The fraction of sp³-hybridized carbons (Fsp3) is 0.381. The normalized spacial score (nSPS) is 15.2. The number of anilines is 1. The SMILES string of the molecule is COc1ccc(CN2CCN(CC(=O)Nc3cc(Cl)ccc3Cl)CC2)cc1OC. The molecule has 1 amide bonds. The lowest BCUT2D eigenvalue weighted by Gasteiger charge is -2.34. The molecule has 0 atom stereocenters. The van der Waals surface area contributed by atoms with Crippen molar-refractivity contribution in [2.24, 2.45) is 0 Å². The van der Waals surface area contributed by atoms with E-state index in [0.717, 1.165) is 44.2 Å². The van der Waals surface area contributed by atoms with Crippen molar-refractivity contribution in [1.82, 2.24) is 9.80 Å². The Morgan fingerprint density at radius 3 is 2.34 bits per heavy atom. The molecule has 1 aliphatic heterocycles. The molecule has 1 heterocycles. The van der Waals surface area contributed by atoms with E-state index in [1.165, 1.54) is 5.56 Å². The van der Waals surface area contributed by atoms with E-state index in [9.17, 15) is 4.79 Å². The zero-order chi connectivity index (χ0) is 20.8. The van der Waals surface area contributed by atoms with Gasteiger partial charge in [0.25, 0.3) is 0 Å². The summed E-state index contributed by atoms with van der Waals surface area (Å²) < 4.78 is 10.7. The van der Waals surface area contributed by atoms with Gasteiger partial charge in [0.2, 0.25) is 5.91 Å². The minimum Gasteiger partial charge on any atom is -0.493 e. The van der Waals surface area contributed by atoms with Crippen LogP contribution in [-0.2, 0) is 11.3 Å². The van der Waals surface area contributed by atoms with E-state index in [-0.39, 0.29) is 5.91 Å². The second-order valence-electron chi connectivity index (χ2n) is 6.91. The van der Waals surface area contributed by atoms with Gasteiger partial charge in [-0.3, -0.25) is 14.6 Å². The average molecular weight is 438 g/mol. The number of benzene rings is 2. The summed E-state index contributed by atoms with van der Waals surface area (Å²) in [5.41, 5.74) is 1.71. The van der Waals surface area contributed by atoms with Gasteiger partial charge in [-0.05, 0) is 35.9 Å². The van der Waals surface area contributed by atoms with Gasteiger partial charge >= 0.3 is 0 Å². The Morgan fingerprint density at radius 1 is 0.966 bits per heavy atom. The summed E-state index contributed by atoms with van der Waals surface area (Å²) in [4.78, 5) is 16.9. The first-order valence-electron chi connectivity index (χ1n) is 9.39. The predicted molar refractivity (Wildman–Crippen MR) is 116 cm³/mol. The van der Waals surface area contributed by atoms with Crippen LogP contribution in [0.1, 0.15) is 5.56 Å². The number of ether oxygens (including phenoxy) is 2. The van der Waals surface area contributed by atoms with Gasteiger partial charge in [-0.15, -0.1) is 0 Å². The predicted octanol–water partition coefficient (Wildman–Crippen LogP) is 3.77. The third-order valence-corrected chi connectivity index (χ3v) is 5.45. The first-order valence-corrected chi connectivity index (χ1v) is 10.1. The first-order chi connectivity index (χ1) is 14.0. The number of amides is 1. The highest BCUT2D eigenvalue weighted by Gasteiger charge is 2.20. The molecule has 0 radical (unpaired) electrons. The number of carbonyl (C=O) groups excluding carboxylic acids is 1. The number of nitrogens with one attached hydrogen (secondary N) is 1. The molecule has 0 unspecified atom stereocenters. The molecular formula is C21H25Cl2N3O3. The molecule has 8 heteroatoms. The minimum atomic E-state index is -0.0949. The molecule has 1 saturated heterocycles. The topological polar surface area (TPSA) is 54.0 Å². The van der Waals surface area contributed by atoms with E-state index in [1.54, 1.807) is 32.4 Å². The maximum atomic E-state index is 12.4. The Balaban J connectivity index is 1.48. The molecule has 0 bridgehead atoms. The lowest BCUT2D eigenvalue weighted by atomic mass is 10.1. The number of carbonyl (C=O) groups is 1. The molecule has 0 aromatic heterocycles. The van der Waals surface area contributed by atoms with E-state index in [1.807, 2.05) is 12.1 Å². The van der Waals surface area contributed by atoms with Crippen molar-refractivity contribution in [2.75, 3.05) is 52.3 Å². The van der Waals surface area contributed by atoms with E-state index in [0.29, 0.717) is 22.3 Å². The van der Waals surface area contributed by atoms with Crippen molar-refractivity contribution in [3.8, 4) is 11.5 Å². The van der Waals surface area contributed by atoms with Crippen molar-refractivity contribution in [1.29, 1.82) is 0 Å². The summed E-state index contributed by atoms with van der Waals surface area (Å²) in [5.74, 6) is 1.37. The van der Waals surface area contributed by atoms with Crippen molar-refractivity contribution >= 4 is 34.8 Å². The molecule has 3 rings (SSSR count). The molecule has 156 valence electrons. The van der Waals surface area contributed by atoms with Gasteiger partial charge in [0.05, 0.1) is 31.5 Å². The quantitative estimate of drug-likeness (QED) is 0.714. The summed E-state index contributed by atoms with van der Waals surface area (Å²) >= 11 is 12.1. The summed E-state index contributed by atoms with van der Waals surface area (Å²) in [7, 11) is 3.27. The van der Waals surface area contributed by atoms with E-state index in [2.05, 4.69) is 21.2 Å². The smallest absolute Gasteiger partial charge is 0.238 e. The van der Waals surface area contributed by atoms with Gasteiger partial charge in [-0.1, -0.05) is 29.3 Å². The second-order valence-corrected chi connectivity index (χ2v) is 7.76. The Bertz CT molecular complexity index is 855. The average Bonchev–Trinajstić information content (AvgIpc) is 2.72. The van der Waals surface area contributed by atoms with Crippen molar-refractivity contribution in [3.63, 3.8) is 0 Å². The fourth-order valence-electron chi connectivity index (χ4n) is 3.33. The standard InChI is InChI=1S/C21H25Cl2N3O3/c1-28-19-6-3-15(11-20(19)29-2)13-25-7-9-26(10-8-25)14-21(27)24-18-12-16(22)4-5-17(18)23/h3-6,11-12H,7-10,13-14H2,1-2H3,(H,24,27). The Hall–Kier alpha value is -1.99. The number of hydrogen-bond donors (Lipinski definition) is 1. The Kier molecular flexibility index (Phi) is 7.61. The van der Waals surface area contributed by atoms with Crippen LogP contribution >= 0.6 is 23.2 Å². The number of piperazine rings is 1. The van der Waals surface area contributed by atoms with Crippen LogP contribution in [0.3, 0.4) is 0 Å². The third kappa shape index (κ3) is 6.00. The Labute approximate surface area is 181 Å². The van der Waals surface area contributed by atoms with Crippen LogP contribution < -0.4 is 14.8 Å². The molecule has 1 N–H and O–H groups in total. The number of hydrogen-bond acceptors (Lipinski definition) is 5. The third-order valence-electron chi connectivity index (χ3n) is 4.89. The molecule has 2 aromatic rings. The molecule has 0 aliphatic carbocycles. The first kappa shape index (κ1) is 21.7. The Morgan fingerprint density at radius 2 is 1.66 bits per heavy atom. The van der Waals surface area contributed by atoms with Gasteiger partial charge in [-0.25, -0.2) is 0 Å². The number of rotatable bonds is 7. The highest BCUT2D eigenvalue weighted by Crippen LogP contribution is 2.28. The molecule has 0 spiro atoms. The van der Waals surface area contributed by atoms with Crippen molar-refractivity contribution in [3.05, 3.63) is 52.0 Å². The molecule has 29 heavy (non-hydrogen) atoms. The van der Waals surface area contributed by atoms with Crippen LogP contribution in [0.15, 0.2) is 36.4 Å². The number of methoxy groups -OCH3 is 2. The fourth-order valence-corrected chi connectivity index (χ4v) is 3.67. The van der Waals surface area contributed by atoms with Crippen LogP contribution in [0.5, 0.6) is 11.5 Å². The minimum absolute atomic E-state index is 0.0949. The van der Waals surface area contributed by atoms with Gasteiger partial charge < -0.3 is 14.8 Å². The highest BCUT2D eigenvalue weighted by atomic mass is 35.5. The lowest BCUT2D eigenvalue weighted by molar-refractivity contribution is -0.117. The highest BCUT2D eigenvalue weighted by molar-refractivity contribution is 6.35. The van der Waals surface area contributed by atoms with Gasteiger partial charge in [-0.2, -0.15) is 0 Å². The number of nitrogens with zero attached hydrogens (tertiary/aromatic N) is 2. The van der Waals surface area contributed by atoms with E-state index < -0.39 is 0 Å².